The molecule has 1 amide bonds. The molecule has 0 spiro atoms. The van der Waals surface area contributed by atoms with Gasteiger partial charge in [-0.1, -0.05) is 60.7 Å². The molecule has 7 heteroatoms. The summed E-state index contributed by atoms with van der Waals surface area (Å²) in [6.07, 6.45) is 0.943. The van der Waals surface area contributed by atoms with Crippen LogP contribution in [-0.4, -0.2) is 5.91 Å². The first kappa shape index (κ1) is 20.7. The summed E-state index contributed by atoms with van der Waals surface area (Å²) in [5.74, 6) is -5.15. The van der Waals surface area contributed by atoms with E-state index in [1.807, 2.05) is 60.7 Å². The van der Waals surface area contributed by atoms with Crippen LogP contribution in [0.4, 0.5) is 18.9 Å². The maximum atomic E-state index is 13.8. The molecule has 0 bridgehead atoms. The van der Waals surface area contributed by atoms with Gasteiger partial charge in [-0.3, -0.25) is 4.79 Å². The summed E-state index contributed by atoms with van der Waals surface area (Å²) in [5, 5.41) is 14.5. The minimum Gasteiger partial charge on any atom is -0.358 e. The number of hydrogen-bond acceptors (Lipinski definition) is 3. The third-order valence-electron chi connectivity index (χ3n) is 4.31. The number of hydrogen-bond donors (Lipinski definition) is 2. The number of nitriles is 1. The number of halogens is 3. The van der Waals surface area contributed by atoms with Crippen LogP contribution in [0.5, 0.6) is 0 Å². The summed E-state index contributed by atoms with van der Waals surface area (Å²) >= 11 is 0. The molecule has 3 rings (SSSR count). The van der Waals surface area contributed by atoms with Crippen molar-refractivity contribution >= 4 is 11.6 Å². The van der Waals surface area contributed by atoms with Crippen molar-refractivity contribution in [1.82, 2.24) is 5.32 Å². The fourth-order valence-corrected chi connectivity index (χ4v) is 2.79. The van der Waals surface area contributed by atoms with Crippen LogP contribution in [0.2, 0.25) is 0 Å². The van der Waals surface area contributed by atoms with Gasteiger partial charge in [-0.15, -0.1) is 0 Å². The van der Waals surface area contributed by atoms with Gasteiger partial charge in [-0.05, 0) is 23.3 Å². The predicted octanol–water partition coefficient (Wildman–Crippen LogP) is 4.83. The number of carbonyl (C=O) groups is 1. The second-order valence-electron chi connectivity index (χ2n) is 6.26. The van der Waals surface area contributed by atoms with Gasteiger partial charge in [-0.25, -0.2) is 13.2 Å². The predicted molar refractivity (Wildman–Crippen MR) is 107 cm³/mol. The second kappa shape index (κ2) is 9.43. The third kappa shape index (κ3) is 4.67. The average molecular weight is 407 g/mol. The van der Waals surface area contributed by atoms with Gasteiger partial charge >= 0.3 is 0 Å². The van der Waals surface area contributed by atoms with Gasteiger partial charge in [0.2, 0.25) is 0 Å². The molecule has 0 aliphatic carbocycles. The van der Waals surface area contributed by atoms with Crippen LogP contribution in [-0.2, 0) is 4.79 Å². The molecule has 30 heavy (non-hydrogen) atoms. The van der Waals surface area contributed by atoms with Gasteiger partial charge in [0.1, 0.15) is 11.6 Å². The Morgan fingerprint density at radius 3 is 1.97 bits per heavy atom. The minimum absolute atomic E-state index is 0.365. The maximum Gasteiger partial charge on any atom is 0.264 e. The lowest BCUT2D eigenvalue weighted by Gasteiger charge is -2.19. The molecule has 0 aliphatic heterocycles. The number of nitrogens with zero attached hydrogens (tertiary/aromatic N) is 1. The van der Waals surface area contributed by atoms with Crippen LogP contribution in [0.25, 0.3) is 0 Å². The summed E-state index contributed by atoms with van der Waals surface area (Å²) in [6.45, 7) is 0. The summed E-state index contributed by atoms with van der Waals surface area (Å²) in [5.41, 5.74) is 0.830. The van der Waals surface area contributed by atoms with Crippen molar-refractivity contribution in [3.05, 3.63) is 113 Å². The fourth-order valence-electron chi connectivity index (χ4n) is 2.79. The van der Waals surface area contributed by atoms with Crippen molar-refractivity contribution in [3.8, 4) is 6.07 Å². The molecule has 3 aromatic rings. The van der Waals surface area contributed by atoms with Crippen molar-refractivity contribution in [3.63, 3.8) is 0 Å². The molecule has 0 heterocycles. The van der Waals surface area contributed by atoms with Crippen LogP contribution in [0, 0.1) is 28.8 Å². The standard InChI is InChI=1S/C23H16F3N3O/c24-18-11-12-19(21(26)20(18)25)28-14-17(13-27)23(30)29-22(15-7-3-1-4-8-15)16-9-5-2-6-10-16/h1-12,14,22,28H,(H,29,30)/b17-14-. The monoisotopic (exact) mass is 407 g/mol. The fraction of sp³-hybridized carbons (Fsp3) is 0.0435. The summed E-state index contributed by atoms with van der Waals surface area (Å²) in [6, 6.07) is 21.2. The van der Waals surface area contributed by atoms with E-state index < -0.39 is 35.1 Å². The molecule has 0 atom stereocenters. The second-order valence-corrected chi connectivity index (χ2v) is 6.26. The molecule has 0 unspecified atom stereocenters. The van der Waals surface area contributed by atoms with Crippen molar-refractivity contribution in [2.24, 2.45) is 0 Å². The van der Waals surface area contributed by atoms with Gasteiger partial charge in [0.05, 0.1) is 11.7 Å². The molecule has 150 valence electrons. The Bertz CT molecular complexity index is 1070. The lowest BCUT2D eigenvalue weighted by Crippen LogP contribution is -2.30. The highest BCUT2D eigenvalue weighted by molar-refractivity contribution is 5.98. The molecule has 0 saturated carbocycles. The van der Waals surface area contributed by atoms with E-state index in [0.29, 0.717) is 0 Å². The Morgan fingerprint density at radius 2 is 1.43 bits per heavy atom. The number of benzene rings is 3. The zero-order valence-electron chi connectivity index (χ0n) is 15.6. The van der Waals surface area contributed by atoms with Crippen molar-refractivity contribution in [2.75, 3.05) is 5.32 Å². The number of carbonyl (C=O) groups excluding carboxylic acids is 1. The maximum absolute atomic E-state index is 13.8. The lowest BCUT2D eigenvalue weighted by atomic mass is 9.98. The van der Waals surface area contributed by atoms with Gasteiger partial charge < -0.3 is 10.6 Å². The van der Waals surface area contributed by atoms with Gasteiger partial charge in [-0.2, -0.15) is 5.26 Å². The van der Waals surface area contributed by atoms with Crippen LogP contribution in [0.3, 0.4) is 0 Å². The highest BCUT2D eigenvalue weighted by Crippen LogP contribution is 2.23. The zero-order valence-corrected chi connectivity index (χ0v) is 15.6. The first-order valence-electron chi connectivity index (χ1n) is 8.92. The minimum atomic E-state index is -1.65. The van der Waals surface area contributed by atoms with E-state index >= 15 is 0 Å². The summed E-state index contributed by atoms with van der Waals surface area (Å²) in [4.78, 5) is 12.7. The van der Waals surface area contributed by atoms with E-state index in [2.05, 4.69) is 10.6 Å². The molecule has 0 radical (unpaired) electrons. The van der Waals surface area contributed by atoms with Crippen molar-refractivity contribution in [2.45, 2.75) is 6.04 Å². The summed E-state index contributed by atoms with van der Waals surface area (Å²) in [7, 11) is 0. The normalized spacial score (nSPS) is 11.1. The van der Waals surface area contributed by atoms with Crippen LogP contribution >= 0.6 is 0 Å². The SMILES string of the molecule is N#C/C(=C/Nc1ccc(F)c(F)c1F)C(=O)NC(c1ccccc1)c1ccccc1. The Hall–Kier alpha value is -4.05. The van der Waals surface area contributed by atoms with Crippen LogP contribution in [0.1, 0.15) is 17.2 Å². The first-order chi connectivity index (χ1) is 14.5. The third-order valence-corrected chi connectivity index (χ3v) is 4.31. The number of amides is 1. The van der Waals surface area contributed by atoms with E-state index in [1.165, 1.54) is 0 Å². The van der Waals surface area contributed by atoms with E-state index in [0.717, 1.165) is 29.5 Å². The van der Waals surface area contributed by atoms with E-state index in [-0.39, 0.29) is 5.57 Å². The average Bonchev–Trinajstić information content (AvgIpc) is 2.78. The van der Waals surface area contributed by atoms with Crippen LogP contribution < -0.4 is 10.6 Å². The van der Waals surface area contributed by atoms with Gasteiger partial charge in [0, 0.05) is 6.20 Å². The first-order valence-corrected chi connectivity index (χ1v) is 8.92. The molecule has 0 saturated heterocycles. The van der Waals surface area contributed by atoms with Gasteiger partial charge in [0.15, 0.2) is 17.5 Å². The molecule has 2 N–H and O–H groups in total. The Balaban J connectivity index is 1.84. The highest BCUT2D eigenvalue weighted by atomic mass is 19.2. The molecule has 0 aliphatic rings. The zero-order chi connectivity index (χ0) is 21.5. The largest absolute Gasteiger partial charge is 0.358 e. The topological polar surface area (TPSA) is 64.9 Å². The number of anilines is 1. The van der Waals surface area contributed by atoms with E-state index in [4.69, 9.17) is 0 Å². The van der Waals surface area contributed by atoms with Gasteiger partial charge in [0.25, 0.3) is 5.91 Å². The lowest BCUT2D eigenvalue weighted by molar-refractivity contribution is -0.117. The molecular formula is C23H16F3N3O. The number of rotatable bonds is 6. The summed E-state index contributed by atoms with van der Waals surface area (Å²) < 4.78 is 40.2. The molecule has 0 fully saturated rings. The molecule has 0 aromatic heterocycles. The molecular weight excluding hydrogens is 391 g/mol. The van der Waals surface area contributed by atoms with E-state index in [1.54, 1.807) is 6.07 Å². The van der Waals surface area contributed by atoms with Crippen molar-refractivity contribution < 1.29 is 18.0 Å². The quantitative estimate of drug-likeness (QED) is 0.350. The van der Waals surface area contributed by atoms with Crippen molar-refractivity contribution in [1.29, 1.82) is 5.26 Å². The molecule has 4 nitrogen and oxygen atoms in total. The Labute approximate surface area is 171 Å². The smallest absolute Gasteiger partial charge is 0.264 e. The number of nitrogens with one attached hydrogen (secondary N) is 2. The van der Waals surface area contributed by atoms with Crippen LogP contribution in [0.15, 0.2) is 84.6 Å². The highest BCUT2D eigenvalue weighted by Gasteiger charge is 2.19. The Morgan fingerprint density at radius 1 is 0.867 bits per heavy atom. The molecule has 3 aromatic carbocycles. The van der Waals surface area contributed by atoms with E-state index in [9.17, 15) is 23.2 Å². The Kier molecular flexibility index (Phi) is 6.50.